The molecule has 0 bridgehead atoms. The monoisotopic (exact) mass is 285 g/mol. The van der Waals surface area contributed by atoms with Crippen LogP contribution in [-0.4, -0.2) is 54.0 Å². The van der Waals surface area contributed by atoms with Gasteiger partial charge in [-0.25, -0.2) is 4.79 Å². The molecule has 1 fully saturated rings. The van der Waals surface area contributed by atoms with Gasteiger partial charge in [-0.1, -0.05) is 24.7 Å². The maximum absolute atomic E-state index is 11.8. The number of nitrogens with zero attached hydrogens (tertiary/aromatic N) is 4. The molecule has 0 aliphatic carbocycles. The van der Waals surface area contributed by atoms with Crippen molar-refractivity contribution >= 4 is 27.7 Å². The Morgan fingerprint density at radius 1 is 1.37 bits per heavy atom. The lowest BCUT2D eigenvalue weighted by Crippen LogP contribution is -2.49. The number of nitrogens with two attached hydrogens (primary N) is 1. The number of amides is 1. The van der Waals surface area contributed by atoms with E-state index in [0.717, 1.165) is 31.1 Å². The van der Waals surface area contributed by atoms with E-state index in [9.17, 15) is 4.79 Å². The average Bonchev–Trinajstić information content (AvgIpc) is 2.86. The van der Waals surface area contributed by atoms with Gasteiger partial charge in [0.05, 0.1) is 6.61 Å². The highest BCUT2D eigenvalue weighted by atomic mass is 32.1. The van der Waals surface area contributed by atoms with Gasteiger partial charge in [0.15, 0.2) is 0 Å². The zero-order valence-corrected chi connectivity index (χ0v) is 11.9. The summed E-state index contributed by atoms with van der Waals surface area (Å²) in [5.74, 6) is 0. The lowest BCUT2D eigenvalue weighted by molar-refractivity contribution is 0.0989. The Morgan fingerprint density at radius 2 is 2.11 bits per heavy atom. The Balaban J connectivity index is 1.77. The highest BCUT2D eigenvalue weighted by molar-refractivity contribution is 7.18. The summed E-state index contributed by atoms with van der Waals surface area (Å²) >= 11 is 1.37. The lowest BCUT2D eigenvalue weighted by atomic mass is 10.3. The minimum absolute atomic E-state index is 0.218. The molecular weight excluding hydrogens is 266 g/mol. The van der Waals surface area contributed by atoms with Crippen molar-refractivity contribution in [3.63, 3.8) is 0 Å². The molecule has 0 aromatic carbocycles. The van der Waals surface area contributed by atoms with Gasteiger partial charge in [0.2, 0.25) is 10.3 Å². The van der Waals surface area contributed by atoms with Gasteiger partial charge in [-0.15, -0.1) is 10.2 Å². The molecule has 2 heterocycles. The number of hydrogen-bond acceptors (Lipinski definition) is 7. The molecule has 8 heteroatoms. The number of ether oxygens (including phenoxy) is 1. The van der Waals surface area contributed by atoms with E-state index in [-0.39, 0.29) is 6.09 Å². The van der Waals surface area contributed by atoms with E-state index in [1.54, 1.807) is 4.90 Å². The first kappa shape index (κ1) is 13.9. The lowest BCUT2D eigenvalue weighted by Gasteiger charge is -2.33. The molecule has 0 radical (unpaired) electrons. The van der Waals surface area contributed by atoms with Gasteiger partial charge in [0.25, 0.3) is 0 Å². The molecule has 0 spiro atoms. The molecule has 1 saturated heterocycles. The maximum Gasteiger partial charge on any atom is 0.409 e. The van der Waals surface area contributed by atoms with Crippen LogP contribution in [0.5, 0.6) is 0 Å². The third-order valence-corrected chi connectivity index (χ3v) is 3.77. The van der Waals surface area contributed by atoms with Crippen molar-refractivity contribution in [1.82, 2.24) is 15.1 Å². The molecule has 0 atom stereocenters. The summed E-state index contributed by atoms with van der Waals surface area (Å²) in [6.07, 6.45) is 1.72. The average molecular weight is 285 g/mol. The first-order valence-electron chi connectivity index (χ1n) is 6.46. The topological polar surface area (TPSA) is 84.6 Å². The molecule has 2 N–H and O–H groups in total. The van der Waals surface area contributed by atoms with Crippen LogP contribution >= 0.6 is 11.3 Å². The van der Waals surface area contributed by atoms with Gasteiger partial charge < -0.3 is 20.3 Å². The van der Waals surface area contributed by atoms with Gasteiger partial charge in [0, 0.05) is 26.2 Å². The van der Waals surface area contributed by atoms with Gasteiger partial charge in [-0.05, 0) is 6.42 Å². The third-order valence-electron chi connectivity index (χ3n) is 2.96. The number of nitrogen functional groups attached to an aromatic ring is 1. The minimum Gasteiger partial charge on any atom is -0.449 e. The molecule has 1 aromatic heterocycles. The summed E-state index contributed by atoms with van der Waals surface area (Å²) in [5.41, 5.74) is 5.56. The van der Waals surface area contributed by atoms with Crippen molar-refractivity contribution in [2.45, 2.75) is 19.8 Å². The fourth-order valence-corrected chi connectivity index (χ4v) is 2.49. The first-order chi connectivity index (χ1) is 9.20. The van der Waals surface area contributed by atoms with E-state index >= 15 is 0 Å². The second kappa shape index (κ2) is 6.55. The molecule has 0 saturated carbocycles. The number of hydrogen-bond donors (Lipinski definition) is 1. The Kier molecular flexibility index (Phi) is 4.78. The highest BCUT2D eigenvalue weighted by Gasteiger charge is 2.23. The van der Waals surface area contributed by atoms with Crippen LogP contribution in [0.4, 0.5) is 15.1 Å². The predicted octanol–water partition coefficient (Wildman–Crippen LogP) is 1.18. The number of piperazine rings is 1. The molecule has 106 valence electrons. The number of carbonyl (C=O) groups excluding carboxylic acids is 1. The van der Waals surface area contributed by atoms with Crippen LogP contribution in [0, 0.1) is 0 Å². The normalized spacial score (nSPS) is 15.6. The van der Waals surface area contributed by atoms with Crippen LogP contribution in [0.1, 0.15) is 19.8 Å². The van der Waals surface area contributed by atoms with Crippen LogP contribution in [0.15, 0.2) is 0 Å². The standard InChI is InChI=1S/C11H19N5O2S/c1-2-3-8-18-11(17)16-6-4-15(5-7-16)10-14-13-9(12)19-10/h2-8H2,1H3,(H2,12,13). The quantitative estimate of drug-likeness (QED) is 0.836. The third kappa shape index (κ3) is 3.69. The summed E-state index contributed by atoms with van der Waals surface area (Å²) in [5, 5.41) is 9.09. The number of anilines is 2. The van der Waals surface area contributed by atoms with E-state index in [1.165, 1.54) is 11.3 Å². The van der Waals surface area contributed by atoms with Crippen LogP contribution in [0.2, 0.25) is 0 Å². The number of aromatic nitrogens is 2. The van der Waals surface area contributed by atoms with Gasteiger partial charge in [-0.2, -0.15) is 0 Å². The smallest absolute Gasteiger partial charge is 0.409 e. The van der Waals surface area contributed by atoms with E-state index in [2.05, 4.69) is 22.0 Å². The molecule has 1 aliphatic heterocycles. The SMILES string of the molecule is CCCCOC(=O)N1CCN(c2nnc(N)s2)CC1. The largest absolute Gasteiger partial charge is 0.449 e. The second-order valence-corrected chi connectivity index (χ2v) is 5.35. The van der Waals surface area contributed by atoms with Crippen LogP contribution < -0.4 is 10.6 Å². The maximum atomic E-state index is 11.8. The number of carbonyl (C=O) groups is 1. The Hall–Kier alpha value is -1.57. The molecule has 7 nitrogen and oxygen atoms in total. The highest BCUT2D eigenvalue weighted by Crippen LogP contribution is 2.22. The van der Waals surface area contributed by atoms with Crippen LogP contribution in [0.25, 0.3) is 0 Å². The van der Waals surface area contributed by atoms with E-state index in [1.807, 2.05) is 0 Å². The Morgan fingerprint density at radius 3 is 2.68 bits per heavy atom. The molecule has 2 rings (SSSR count). The van der Waals surface area contributed by atoms with Crippen molar-refractivity contribution in [1.29, 1.82) is 0 Å². The zero-order valence-electron chi connectivity index (χ0n) is 11.0. The van der Waals surface area contributed by atoms with Gasteiger partial charge in [0.1, 0.15) is 0 Å². The number of unbranched alkanes of at least 4 members (excludes halogenated alkanes) is 1. The molecule has 19 heavy (non-hydrogen) atoms. The summed E-state index contributed by atoms with van der Waals surface area (Å²) < 4.78 is 5.19. The zero-order chi connectivity index (χ0) is 13.7. The van der Waals surface area contributed by atoms with Crippen molar-refractivity contribution < 1.29 is 9.53 Å². The summed E-state index contributed by atoms with van der Waals surface area (Å²) in [4.78, 5) is 15.6. The molecule has 1 aromatic rings. The predicted molar refractivity (Wildman–Crippen MR) is 74.4 cm³/mol. The van der Waals surface area contributed by atoms with E-state index in [4.69, 9.17) is 10.5 Å². The Labute approximate surface area is 116 Å². The molecule has 1 aliphatic rings. The fraction of sp³-hybridized carbons (Fsp3) is 0.727. The van der Waals surface area contributed by atoms with Gasteiger partial charge >= 0.3 is 6.09 Å². The summed E-state index contributed by atoms with van der Waals surface area (Å²) in [6, 6.07) is 0. The summed E-state index contributed by atoms with van der Waals surface area (Å²) in [6.45, 7) is 5.33. The van der Waals surface area contributed by atoms with Crippen molar-refractivity contribution in [3.05, 3.63) is 0 Å². The van der Waals surface area contributed by atoms with Crippen LogP contribution in [-0.2, 0) is 4.74 Å². The van der Waals surface area contributed by atoms with Crippen molar-refractivity contribution in [3.8, 4) is 0 Å². The van der Waals surface area contributed by atoms with E-state index in [0.29, 0.717) is 24.8 Å². The van der Waals surface area contributed by atoms with Crippen molar-refractivity contribution in [2.75, 3.05) is 43.4 Å². The first-order valence-corrected chi connectivity index (χ1v) is 7.28. The molecular formula is C11H19N5O2S. The molecule has 0 unspecified atom stereocenters. The second-order valence-electron chi connectivity index (χ2n) is 4.36. The number of rotatable bonds is 4. The van der Waals surface area contributed by atoms with Crippen LogP contribution in [0.3, 0.4) is 0 Å². The fourth-order valence-electron chi connectivity index (χ4n) is 1.83. The van der Waals surface area contributed by atoms with E-state index < -0.39 is 0 Å². The van der Waals surface area contributed by atoms with Crippen molar-refractivity contribution in [2.24, 2.45) is 0 Å². The molecule has 1 amide bonds. The minimum atomic E-state index is -0.218. The van der Waals surface area contributed by atoms with Gasteiger partial charge in [-0.3, -0.25) is 0 Å². The Bertz CT molecular complexity index is 417. The summed E-state index contributed by atoms with van der Waals surface area (Å²) in [7, 11) is 0.